The van der Waals surface area contributed by atoms with Gasteiger partial charge in [-0.05, 0) is 31.4 Å². The van der Waals surface area contributed by atoms with Gasteiger partial charge >= 0.3 is 0 Å². The Hall–Kier alpha value is -0.660. The van der Waals surface area contributed by atoms with Crippen LogP contribution >= 0.6 is 0 Å². The number of hydrogen-bond donors (Lipinski definition) is 0. The van der Waals surface area contributed by atoms with E-state index in [1.54, 1.807) is 6.92 Å². The fourth-order valence-electron chi connectivity index (χ4n) is 0.626. The van der Waals surface area contributed by atoms with Gasteiger partial charge in [-0.3, -0.25) is 4.39 Å². The van der Waals surface area contributed by atoms with Crippen LogP contribution in [0.4, 0.5) is 8.78 Å². The maximum absolute atomic E-state index is 12.5. The molecule has 0 aromatic rings. The molecule has 0 aliphatic carbocycles. The van der Waals surface area contributed by atoms with Crippen molar-refractivity contribution in [1.29, 1.82) is 0 Å². The van der Waals surface area contributed by atoms with Crippen LogP contribution in [0, 0.1) is 0 Å². The van der Waals surface area contributed by atoms with Gasteiger partial charge in [0.05, 0.1) is 6.67 Å². The first-order valence-electron chi connectivity index (χ1n) is 3.26. The lowest BCUT2D eigenvalue weighted by molar-refractivity contribution is 0.470. The molecule has 0 rings (SSSR count). The number of alkyl halides is 1. The minimum atomic E-state index is -0.387. The molecule has 0 atom stereocenters. The smallest absolute Gasteiger partial charge is 0.121 e. The molecule has 0 spiro atoms. The van der Waals surface area contributed by atoms with E-state index < -0.39 is 0 Å². The molecule has 0 aromatic carbocycles. The zero-order valence-electron chi connectivity index (χ0n) is 6.16. The van der Waals surface area contributed by atoms with Crippen molar-refractivity contribution in [3.63, 3.8) is 0 Å². The van der Waals surface area contributed by atoms with Crippen LogP contribution in [0.5, 0.6) is 0 Å². The van der Waals surface area contributed by atoms with E-state index in [1.807, 2.05) is 0 Å². The quantitative estimate of drug-likeness (QED) is 0.534. The van der Waals surface area contributed by atoms with E-state index in [0.29, 0.717) is 18.4 Å². The molecule has 0 aliphatic heterocycles. The van der Waals surface area contributed by atoms with Crippen molar-refractivity contribution < 1.29 is 8.78 Å². The number of halogens is 2. The topological polar surface area (TPSA) is 0 Å². The molecule has 0 heterocycles. The van der Waals surface area contributed by atoms with Crippen molar-refractivity contribution in [3.05, 3.63) is 24.1 Å². The molecule has 0 aliphatic rings. The van der Waals surface area contributed by atoms with E-state index in [1.165, 1.54) is 0 Å². The fourth-order valence-corrected chi connectivity index (χ4v) is 0.626. The monoisotopic (exact) mass is 146 g/mol. The van der Waals surface area contributed by atoms with E-state index in [9.17, 15) is 8.78 Å². The lowest BCUT2D eigenvalue weighted by atomic mass is 10.1. The second-order valence-corrected chi connectivity index (χ2v) is 2.12. The minimum Gasteiger partial charge on any atom is -0.251 e. The highest BCUT2D eigenvalue weighted by Crippen LogP contribution is 2.12. The maximum Gasteiger partial charge on any atom is 0.121 e. The average Bonchev–Trinajstić information content (AvgIpc) is 1.98. The van der Waals surface area contributed by atoms with Gasteiger partial charge < -0.3 is 0 Å². The third kappa shape index (κ3) is 3.38. The van der Waals surface area contributed by atoms with Crippen LogP contribution in [-0.4, -0.2) is 6.67 Å². The molecule has 10 heavy (non-hydrogen) atoms. The van der Waals surface area contributed by atoms with Gasteiger partial charge in [0.15, 0.2) is 0 Å². The molecule has 0 nitrogen and oxygen atoms in total. The first-order valence-corrected chi connectivity index (χ1v) is 3.26. The standard InChI is InChI=1S/C8H12F2/c1-3-8(10)7(2)5-4-6-9/h3H,1,4-6H2,2H3/b8-7-. The van der Waals surface area contributed by atoms with Crippen molar-refractivity contribution in [3.8, 4) is 0 Å². The highest BCUT2D eigenvalue weighted by Gasteiger charge is 1.95. The molecule has 0 saturated heterocycles. The van der Waals surface area contributed by atoms with Crippen LogP contribution in [0.25, 0.3) is 0 Å². The summed E-state index contributed by atoms with van der Waals surface area (Å²) < 4.78 is 24.0. The molecule has 0 radical (unpaired) electrons. The highest BCUT2D eigenvalue weighted by molar-refractivity contribution is 5.15. The van der Waals surface area contributed by atoms with Gasteiger partial charge in [-0.1, -0.05) is 6.58 Å². The zero-order valence-corrected chi connectivity index (χ0v) is 6.16. The van der Waals surface area contributed by atoms with Crippen LogP contribution in [0.15, 0.2) is 24.1 Å². The van der Waals surface area contributed by atoms with Crippen molar-refractivity contribution in [1.82, 2.24) is 0 Å². The minimum absolute atomic E-state index is 0.326. The fraction of sp³-hybridized carbons (Fsp3) is 0.500. The first-order chi connectivity index (χ1) is 4.72. The molecular formula is C8H12F2. The summed E-state index contributed by atoms with van der Waals surface area (Å²) in [7, 11) is 0. The van der Waals surface area contributed by atoms with Crippen molar-refractivity contribution in [2.24, 2.45) is 0 Å². The number of hydrogen-bond acceptors (Lipinski definition) is 0. The van der Waals surface area contributed by atoms with E-state index in [-0.39, 0.29) is 12.5 Å². The van der Waals surface area contributed by atoms with E-state index in [4.69, 9.17) is 0 Å². The predicted octanol–water partition coefficient (Wildman–Crippen LogP) is 3.17. The number of allylic oxidation sites excluding steroid dienone is 3. The maximum atomic E-state index is 12.5. The molecule has 0 fully saturated rings. The SMILES string of the molecule is C=C/C(F)=C(\C)CCCF. The van der Waals surface area contributed by atoms with E-state index in [0.717, 1.165) is 6.08 Å². The highest BCUT2D eigenvalue weighted by atomic mass is 19.1. The summed E-state index contributed by atoms with van der Waals surface area (Å²) >= 11 is 0. The summed E-state index contributed by atoms with van der Waals surface area (Å²) in [5, 5.41) is 0. The summed E-state index contributed by atoms with van der Waals surface area (Å²) in [6.07, 6.45) is 2.02. The Morgan fingerprint density at radius 1 is 1.60 bits per heavy atom. The average molecular weight is 146 g/mol. The van der Waals surface area contributed by atoms with Gasteiger partial charge in [-0.25, -0.2) is 4.39 Å². The Labute approximate surface area is 60.2 Å². The molecule has 0 aromatic heterocycles. The first kappa shape index (κ1) is 9.34. The molecule has 0 unspecified atom stereocenters. The van der Waals surface area contributed by atoms with Crippen LogP contribution < -0.4 is 0 Å². The van der Waals surface area contributed by atoms with Crippen LogP contribution in [0.3, 0.4) is 0 Å². The van der Waals surface area contributed by atoms with Gasteiger partial charge in [-0.15, -0.1) is 0 Å². The Morgan fingerprint density at radius 2 is 2.20 bits per heavy atom. The van der Waals surface area contributed by atoms with Crippen molar-refractivity contribution in [2.45, 2.75) is 19.8 Å². The summed E-state index contributed by atoms with van der Waals surface area (Å²) in [6.45, 7) is 4.52. The molecular weight excluding hydrogens is 134 g/mol. The second kappa shape index (κ2) is 5.15. The summed E-state index contributed by atoms with van der Waals surface area (Å²) in [6, 6.07) is 0. The Bertz CT molecular complexity index is 136. The van der Waals surface area contributed by atoms with Crippen LogP contribution in [0.2, 0.25) is 0 Å². The molecule has 58 valence electrons. The van der Waals surface area contributed by atoms with Crippen molar-refractivity contribution >= 4 is 0 Å². The van der Waals surface area contributed by atoms with Gasteiger partial charge in [0.2, 0.25) is 0 Å². The lowest BCUT2D eigenvalue weighted by Crippen LogP contribution is -1.82. The zero-order chi connectivity index (χ0) is 7.98. The predicted molar refractivity (Wildman–Crippen MR) is 39.2 cm³/mol. The molecule has 0 saturated carbocycles. The number of rotatable bonds is 4. The summed E-state index contributed by atoms with van der Waals surface area (Å²) in [5.74, 6) is -0.326. The van der Waals surface area contributed by atoms with Gasteiger partial charge in [-0.2, -0.15) is 0 Å². The molecule has 2 heteroatoms. The van der Waals surface area contributed by atoms with Crippen molar-refractivity contribution in [2.75, 3.05) is 6.67 Å². The van der Waals surface area contributed by atoms with Gasteiger partial charge in [0.1, 0.15) is 5.83 Å². The Morgan fingerprint density at radius 3 is 2.60 bits per heavy atom. The molecule has 0 amide bonds. The van der Waals surface area contributed by atoms with Crippen LogP contribution in [-0.2, 0) is 0 Å². The van der Waals surface area contributed by atoms with Gasteiger partial charge in [0.25, 0.3) is 0 Å². The third-order valence-corrected chi connectivity index (χ3v) is 1.27. The van der Waals surface area contributed by atoms with E-state index >= 15 is 0 Å². The van der Waals surface area contributed by atoms with E-state index in [2.05, 4.69) is 6.58 Å². The lowest BCUT2D eigenvalue weighted by Gasteiger charge is -1.97. The van der Waals surface area contributed by atoms with Crippen LogP contribution in [0.1, 0.15) is 19.8 Å². The molecule has 0 N–H and O–H groups in total. The summed E-state index contributed by atoms with van der Waals surface area (Å²) in [4.78, 5) is 0. The normalized spacial score (nSPS) is 12.7. The third-order valence-electron chi connectivity index (χ3n) is 1.27. The molecule has 0 bridgehead atoms. The second-order valence-electron chi connectivity index (χ2n) is 2.12. The Balaban J connectivity index is 3.79. The summed E-state index contributed by atoms with van der Waals surface area (Å²) in [5.41, 5.74) is 0.577. The largest absolute Gasteiger partial charge is 0.251 e. The Kier molecular flexibility index (Phi) is 4.81. The van der Waals surface area contributed by atoms with Gasteiger partial charge in [0, 0.05) is 0 Å².